The van der Waals surface area contributed by atoms with Gasteiger partial charge in [-0.1, -0.05) is 38.0 Å². The molecule has 2 rings (SSSR count). The van der Waals surface area contributed by atoms with Gasteiger partial charge in [-0.3, -0.25) is 0 Å². The van der Waals surface area contributed by atoms with Crippen molar-refractivity contribution in [1.82, 2.24) is 4.98 Å². The van der Waals surface area contributed by atoms with E-state index in [1.165, 1.54) is 24.6 Å². The van der Waals surface area contributed by atoms with E-state index in [1.807, 2.05) is 12.1 Å². The number of aromatic nitrogens is 1. The molecule has 2 aromatic rings. The average Bonchev–Trinajstić information content (AvgIpc) is 2.36. The number of nitrogens with zero attached hydrogens (tertiary/aromatic N) is 1. The predicted octanol–water partition coefficient (Wildman–Crippen LogP) is 4.23. The minimum atomic E-state index is 0.489. The van der Waals surface area contributed by atoms with Gasteiger partial charge < -0.3 is 5.32 Å². The summed E-state index contributed by atoms with van der Waals surface area (Å²) in [4.78, 5) is 4.61. The topological polar surface area (TPSA) is 24.9 Å². The molecule has 0 aliphatic heterocycles. The molecule has 0 amide bonds. The van der Waals surface area contributed by atoms with Crippen LogP contribution in [0.15, 0.2) is 36.4 Å². The smallest absolute Gasteiger partial charge is 0.126 e. The molecule has 0 saturated carbocycles. The summed E-state index contributed by atoms with van der Waals surface area (Å²) in [6.07, 6.45) is 3.71. The summed E-state index contributed by atoms with van der Waals surface area (Å²) in [5.41, 5.74) is 1.06. The molecule has 1 atom stereocenters. The Hall–Kier alpha value is -1.57. The standard InChI is InChI=1S/C15H20N2/c1-3-4-7-12(2)16-15-11-10-13-8-5-6-9-14(13)17-15/h5-6,8-12H,3-4,7H2,1-2H3,(H,16,17). The molecule has 17 heavy (non-hydrogen) atoms. The molecule has 2 heteroatoms. The van der Waals surface area contributed by atoms with Crippen LogP contribution in [0.3, 0.4) is 0 Å². The Morgan fingerprint density at radius 2 is 2.00 bits per heavy atom. The summed E-state index contributed by atoms with van der Waals surface area (Å²) >= 11 is 0. The number of hydrogen-bond donors (Lipinski definition) is 1. The highest BCUT2D eigenvalue weighted by Gasteiger charge is 2.02. The zero-order chi connectivity index (χ0) is 12.1. The van der Waals surface area contributed by atoms with Crippen molar-refractivity contribution in [2.45, 2.75) is 39.2 Å². The lowest BCUT2D eigenvalue weighted by Gasteiger charge is -2.14. The maximum Gasteiger partial charge on any atom is 0.126 e. The summed E-state index contributed by atoms with van der Waals surface area (Å²) in [5, 5.41) is 4.65. The summed E-state index contributed by atoms with van der Waals surface area (Å²) < 4.78 is 0. The normalized spacial score (nSPS) is 12.6. The molecule has 90 valence electrons. The minimum Gasteiger partial charge on any atom is -0.368 e. The van der Waals surface area contributed by atoms with Crippen molar-refractivity contribution in [2.24, 2.45) is 0 Å². The number of pyridine rings is 1. The summed E-state index contributed by atoms with van der Waals surface area (Å²) in [6, 6.07) is 12.9. The van der Waals surface area contributed by atoms with Gasteiger partial charge in [-0.05, 0) is 31.5 Å². The van der Waals surface area contributed by atoms with E-state index in [9.17, 15) is 0 Å². The molecule has 0 fully saturated rings. The van der Waals surface area contributed by atoms with Crippen LogP contribution in [0.1, 0.15) is 33.1 Å². The third kappa shape index (κ3) is 3.19. The summed E-state index contributed by atoms with van der Waals surface area (Å²) in [7, 11) is 0. The third-order valence-corrected chi connectivity index (χ3v) is 2.98. The van der Waals surface area contributed by atoms with Crippen molar-refractivity contribution in [3.05, 3.63) is 36.4 Å². The number of para-hydroxylation sites is 1. The van der Waals surface area contributed by atoms with Crippen molar-refractivity contribution in [3.63, 3.8) is 0 Å². The Labute approximate surface area is 103 Å². The maximum atomic E-state index is 4.61. The van der Waals surface area contributed by atoms with Gasteiger partial charge in [-0.2, -0.15) is 0 Å². The van der Waals surface area contributed by atoms with Crippen LogP contribution in [0.2, 0.25) is 0 Å². The first kappa shape index (κ1) is 11.9. The number of fused-ring (bicyclic) bond motifs is 1. The van der Waals surface area contributed by atoms with Gasteiger partial charge in [0, 0.05) is 11.4 Å². The summed E-state index contributed by atoms with van der Waals surface area (Å²) in [5.74, 6) is 0.979. The number of hydrogen-bond acceptors (Lipinski definition) is 2. The number of anilines is 1. The molecule has 1 heterocycles. The molecule has 0 saturated heterocycles. The second kappa shape index (κ2) is 5.67. The van der Waals surface area contributed by atoms with E-state index in [4.69, 9.17) is 0 Å². The Kier molecular flexibility index (Phi) is 3.97. The van der Waals surface area contributed by atoms with E-state index < -0.39 is 0 Å². The molecule has 0 aliphatic rings. The van der Waals surface area contributed by atoms with Crippen LogP contribution in [0.4, 0.5) is 5.82 Å². The highest BCUT2D eigenvalue weighted by Crippen LogP contribution is 2.16. The second-order valence-corrected chi connectivity index (χ2v) is 4.58. The van der Waals surface area contributed by atoms with Crippen LogP contribution >= 0.6 is 0 Å². The van der Waals surface area contributed by atoms with Gasteiger partial charge in [0.15, 0.2) is 0 Å². The molecule has 0 bridgehead atoms. The number of benzene rings is 1. The fourth-order valence-electron chi connectivity index (χ4n) is 1.98. The molecule has 0 spiro atoms. The van der Waals surface area contributed by atoms with Crippen molar-refractivity contribution < 1.29 is 0 Å². The van der Waals surface area contributed by atoms with Gasteiger partial charge in [0.25, 0.3) is 0 Å². The number of unbranched alkanes of at least 4 members (excludes halogenated alkanes) is 1. The first-order valence-electron chi connectivity index (χ1n) is 6.42. The Bertz CT molecular complexity index is 479. The SMILES string of the molecule is CCCCC(C)Nc1ccc2ccccc2n1. The lowest BCUT2D eigenvalue weighted by atomic mass is 10.1. The largest absolute Gasteiger partial charge is 0.368 e. The number of nitrogens with one attached hydrogen (secondary N) is 1. The summed E-state index contributed by atoms with van der Waals surface area (Å²) in [6.45, 7) is 4.44. The molecule has 0 aliphatic carbocycles. The average molecular weight is 228 g/mol. The fourth-order valence-corrected chi connectivity index (χ4v) is 1.98. The molecular weight excluding hydrogens is 208 g/mol. The van der Waals surface area contributed by atoms with E-state index in [1.54, 1.807) is 0 Å². The third-order valence-electron chi connectivity index (χ3n) is 2.98. The van der Waals surface area contributed by atoms with Crippen molar-refractivity contribution in [1.29, 1.82) is 0 Å². The molecule has 1 aromatic heterocycles. The van der Waals surface area contributed by atoms with E-state index in [0.29, 0.717) is 6.04 Å². The Balaban J connectivity index is 2.08. The highest BCUT2D eigenvalue weighted by molar-refractivity contribution is 5.80. The zero-order valence-electron chi connectivity index (χ0n) is 10.6. The van der Waals surface area contributed by atoms with Gasteiger partial charge in [-0.25, -0.2) is 4.98 Å². The Morgan fingerprint density at radius 1 is 1.18 bits per heavy atom. The molecule has 1 aromatic carbocycles. The van der Waals surface area contributed by atoms with Crippen LogP contribution in [-0.2, 0) is 0 Å². The van der Waals surface area contributed by atoms with E-state index in [0.717, 1.165) is 11.3 Å². The van der Waals surface area contributed by atoms with Crippen molar-refractivity contribution in [3.8, 4) is 0 Å². The maximum absolute atomic E-state index is 4.61. The van der Waals surface area contributed by atoms with E-state index in [2.05, 4.69) is 48.4 Å². The van der Waals surface area contributed by atoms with Gasteiger partial charge in [-0.15, -0.1) is 0 Å². The van der Waals surface area contributed by atoms with Crippen LogP contribution in [-0.4, -0.2) is 11.0 Å². The highest BCUT2D eigenvalue weighted by atomic mass is 15.0. The molecular formula is C15H20N2. The monoisotopic (exact) mass is 228 g/mol. The Morgan fingerprint density at radius 3 is 2.82 bits per heavy atom. The van der Waals surface area contributed by atoms with Gasteiger partial charge in [0.1, 0.15) is 5.82 Å². The minimum absolute atomic E-state index is 0.489. The second-order valence-electron chi connectivity index (χ2n) is 4.58. The van der Waals surface area contributed by atoms with Gasteiger partial charge in [0.05, 0.1) is 5.52 Å². The van der Waals surface area contributed by atoms with Crippen LogP contribution in [0.25, 0.3) is 10.9 Å². The first-order chi connectivity index (χ1) is 8.29. The molecule has 1 N–H and O–H groups in total. The quantitative estimate of drug-likeness (QED) is 0.828. The fraction of sp³-hybridized carbons (Fsp3) is 0.400. The first-order valence-corrected chi connectivity index (χ1v) is 6.42. The molecule has 0 radical (unpaired) electrons. The van der Waals surface area contributed by atoms with Crippen LogP contribution in [0.5, 0.6) is 0 Å². The molecule has 1 unspecified atom stereocenters. The zero-order valence-corrected chi connectivity index (χ0v) is 10.6. The lowest BCUT2D eigenvalue weighted by molar-refractivity contribution is 0.643. The molecule has 2 nitrogen and oxygen atoms in total. The van der Waals surface area contributed by atoms with Crippen LogP contribution in [0, 0.1) is 0 Å². The predicted molar refractivity (Wildman–Crippen MR) is 74.4 cm³/mol. The van der Waals surface area contributed by atoms with Crippen molar-refractivity contribution in [2.75, 3.05) is 5.32 Å². The van der Waals surface area contributed by atoms with E-state index >= 15 is 0 Å². The number of rotatable bonds is 5. The van der Waals surface area contributed by atoms with Gasteiger partial charge in [0.2, 0.25) is 0 Å². The van der Waals surface area contributed by atoms with E-state index in [-0.39, 0.29) is 0 Å². The van der Waals surface area contributed by atoms with Crippen LogP contribution < -0.4 is 5.32 Å². The van der Waals surface area contributed by atoms with Gasteiger partial charge >= 0.3 is 0 Å². The van der Waals surface area contributed by atoms with Crippen molar-refractivity contribution >= 4 is 16.7 Å². The lowest BCUT2D eigenvalue weighted by Crippen LogP contribution is -2.15.